The highest BCUT2D eigenvalue weighted by Crippen LogP contribution is 2.42. The van der Waals surface area contributed by atoms with Gasteiger partial charge in [-0.05, 0) is 30.7 Å². The molecule has 3 N–H and O–H groups in total. The van der Waals surface area contributed by atoms with E-state index in [-0.39, 0.29) is 34.4 Å². The summed E-state index contributed by atoms with van der Waals surface area (Å²) >= 11 is 0. The molecule has 3 aromatic rings. The number of halogens is 2. The van der Waals surface area contributed by atoms with Gasteiger partial charge in [0.1, 0.15) is 23.1 Å². The molecule has 2 atom stereocenters. The molecular weight excluding hydrogens is 494 g/mol. The molecule has 1 aromatic heterocycles. The van der Waals surface area contributed by atoms with Crippen molar-refractivity contribution in [2.45, 2.75) is 18.5 Å². The van der Waals surface area contributed by atoms with Gasteiger partial charge in [0, 0.05) is 61.3 Å². The normalized spacial score (nSPS) is 20.7. The maximum Gasteiger partial charge on any atom is 0.268 e. The number of carbonyl (C=O) groups excluding carboxylic acids is 1. The van der Waals surface area contributed by atoms with Gasteiger partial charge in [-0.2, -0.15) is 0 Å². The number of morpholine rings is 1. The van der Waals surface area contributed by atoms with Crippen LogP contribution in [0.2, 0.25) is 0 Å². The van der Waals surface area contributed by atoms with Gasteiger partial charge in [0.2, 0.25) is 0 Å². The summed E-state index contributed by atoms with van der Waals surface area (Å²) in [4.78, 5) is 25.6. The monoisotopic (exact) mass is 522 g/mol. The minimum Gasteiger partial charge on any atom is -0.496 e. The zero-order valence-corrected chi connectivity index (χ0v) is 20.9. The van der Waals surface area contributed by atoms with Crippen LogP contribution in [-0.4, -0.2) is 74.5 Å². The Morgan fingerprint density at radius 3 is 2.66 bits per heavy atom. The summed E-state index contributed by atoms with van der Waals surface area (Å²) in [5.41, 5.74) is 7.67. The van der Waals surface area contributed by atoms with Crippen molar-refractivity contribution < 1.29 is 23.0 Å². The van der Waals surface area contributed by atoms with Gasteiger partial charge in [0.15, 0.2) is 5.82 Å². The first kappa shape index (κ1) is 24.5. The van der Waals surface area contributed by atoms with Crippen LogP contribution < -0.4 is 25.6 Å². The molecule has 38 heavy (non-hydrogen) atoms. The SMILES string of the molecule is COc1cccc(F)c1-c1ncc(-c2cc(F)c(N3CCOCC3)cc2N2C[C@@H]3C[C@H]2CN3)c(C(N)=O)n1. The van der Waals surface area contributed by atoms with E-state index in [0.717, 1.165) is 25.2 Å². The van der Waals surface area contributed by atoms with Gasteiger partial charge in [-0.1, -0.05) is 6.07 Å². The first-order valence-corrected chi connectivity index (χ1v) is 12.6. The molecule has 0 unspecified atom stereocenters. The van der Waals surface area contributed by atoms with Crippen LogP contribution in [0.3, 0.4) is 0 Å². The number of hydrogen-bond donors (Lipinski definition) is 2. The Kier molecular flexibility index (Phi) is 6.32. The maximum atomic E-state index is 15.7. The number of nitrogens with two attached hydrogens (primary N) is 1. The van der Waals surface area contributed by atoms with Gasteiger partial charge in [0.05, 0.1) is 31.6 Å². The smallest absolute Gasteiger partial charge is 0.268 e. The fourth-order valence-corrected chi connectivity index (χ4v) is 5.69. The van der Waals surface area contributed by atoms with Crippen molar-refractivity contribution in [3.05, 3.63) is 53.9 Å². The Morgan fingerprint density at radius 2 is 1.97 bits per heavy atom. The lowest BCUT2D eigenvalue weighted by Crippen LogP contribution is -2.44. The van der Waals surface area contributed by atoms with Crippen molar-refractivity contribution in [1.82, 2.24) is 15.3 Å². The molecule has 11 heteroatoms. The number of piperazine rings is 1. The molecule has 3 fully saturated rings. The van der Waals surface area contributed by atoms with E-state index in [1.807, 2.05) is 11.0 Å². The number of aromatic nitrogens is 2. The van der Waals surface area contributed by atoms with Crippen LogP contribution in [0.25, 0.3) is 22.5 Å². The van der Waals surface area contributed by atoms with E-state index in [0.29, 0.717) is 43.6 Å². The molecule has 0 radical (unpaired) electrons. The second-order valence-electron chi connectivity index (χ2n) is 9.70. The standard InChI is InChI=1S/C27H28F2N6O3/c1-37-23-4-2-3-19(28)24(23)27-32-13-18(25(33-27)26(30)36)17-10-20(29)22(34-5-7-38-8-6-34)11-21(17)35-14-15-9-16(35)12-31-15/h2-4,10-11,13,15-16,31H,5-9,12,14H2,1H3,(H2,30,36)/t15-,16-/m0/s1. The number of fused-ring (bicyclic) bond motifs is 2. The molecule has 3 saturated heterocycles. The van der Waals surface area contributed by atoms with Crippen molar-refractivity contribution in [3.63, 3.8) is 0 Å². The van der Waals surface area contributed by atoms with Gasteiger partial charge < -0.3 is 30.3 Å². The highest BCUT2D eigenvalue weighted by molar-refractivity contribution is 6.00. The number of benzene rings is 2. The van der Waals surface area contributed by atoms with Crippen LogP contribution in [0.15, 0.2) is 36.5 Å². The summed E-state index contributed by atoms with van der Waals surface area (Å²) in [7, 11) is 1.41. The zero-order valence-electron chi connectivity index (χ0n) is 20.9. The van der Waals surface area contributed by atoms with E-state index in [4.69, 9.17) is 15.2 Å². The number of carbonyl (C=O) groups is 1. The van der Waals surface area contributed by atoms with Gasteiger partial charge in [0.25, 0.3) is 5.91 Å². The van der Waals surface area contributed by atoms with Gasteiger partial charge in [-0.3, -0.25) is 4.79 Å². The zero-order chi connectivity index (χ0) is 26.4. The Labute approximate surface area is 218 Å². The van der Waals surface area contributed by atoms with E-state index in [2.05, 4.69) is 20.2 Å². The highest BCUT2D eigenvalue weighted by atomic mass is 19.1. The second kappa shape index (κ2) is 9.80. The van der Waals surface area contributed by atoms with Crippen LogP contribution in [0.5, 0.6) is 5.75 Å². The number of rotatable bonds is 6. The average molecular weight is 523 g/mol. The van der Waals surface area contributed by atoms with E-state index in [1.165, 1.54) is 31.5 Å². The Morgan fingerprint density at radius 1 is 1.16 bits per heavy atom. The molecule has 2 aromatic carbocycles. The van der Waals surface area contributed by atoms with Crippen molar-refractivity contribution in [1.29, 1.82) is 0 Å². The Balaban J connectivity index is 1.51. The molecule has 9 nitrogen and oxygen atoms in total. The van der Waals surface area contributed by atoms with Crippen LogP contribution in [0.1, 0.15) is 16.9 Å². The summed E-state index contributed by atoms with van der Waals surface area (Å²) in [6, 6.07) is 8.18. The number of primary amides is 1. The lowest BCUT2D eigenvalue weighted by Gasteiger charge is -2.34. The molecule has 6 rings (SSSR count). The maximum absolute atomic E-state index is 15.7. The summed E-state index contributed by atoms with van der Waals surface area (Å²) < 4.78 is 41.2. The van der Waals surface area contributed by atoms with Crippen molar-refractivity contribution in [2.75, 3.05) is 56.3 Å². The van der Waals surface area contributed by atoms with Crippen molar-refractivity contribution in [3.8, 4) is 28.3 Å². The van der Waals surface area contributed by atoms with E-state index in [9.17, 15) is 9.18 Å². The predicted molar refractivity (Wildman–Crippen MR) is 138 cm³/mol. The minimum atomic E-state index is -0.827. The minimum absolute atomic E-state index is 0.0149. The molecule has 3 aliphatic rings. The van der Waals surface area contributed by atoms with Crippen molar-refractivity contribution >= 4 is 17.3 Å². The first-order valence-electron chi connectivity index (χ1n) is 12.6. The number of amides is 1. The number of anilines is 2. The van der Waals surface area contributed by atoms with Gasteiger partial charge in [-0.25, -0.2) is 18.7 Å². The third-order valence-corrected chi connectivity index (χ3v) is 7.51. The molecule has 0 aliphatic carbocycles. The molecule has 1 amide bonds. The molecule has 0 saturated carbocycles. The fourth-order valence-electron chi connectivity index (χ4n) is 5.69. The lowest BCUT2D eigenvalue weighted by molar-refractivity contribution is 0.0996. The molecule has 3 aliphatic heterocycles. The Hall–Kier alpha value is -3.83. The third-order valence-electron chi connectivity index (χ3n) is 7.51. The first-order chi connectivity index (χ1) is 18.4. The highest BCUT2D eigenvalue weighted by Gasteiger charge is 2.39. The van der Waals surface area contributed by atoms with Gasteiger partial charge in [-0.15, -0.1) is 0 Å². The van der Waals surface area contributed by atoms with E-state index >= 15 is 4.39 Å². The van der Waals surface area contributed by atoms with Crippen molar-refractivity contribution in [2.24, 2.45) is 5.73 Å². The molecular formula is C27H28F2N6O3. The fraction of sp³-hybridized carbons (Fsp3) is 0.370. The number of ether oxygens (including phenoxy) is 2. The van der Waals surface area contributed by atoms with Crippen LogP contribution in [-0.2, 0) is 4.74 Å². The summed E-state index contributed by atoms with van der Waals surface area (Å²) in [6.07, 6.45) is 2.39. The Bertz CT molecular complexity index is 1400. The van der Waals surface area contributed by atoms with Crippen LogP contribution >= 0.6 is 0 Å². The molecule has 4 heterocycles. The lowest BCUT2D eigenvalue weighted by atomic mass is 9.99. The number of nitrogens with zero attached hydrogens (tertiary/aromatic N) is 4. The van der Waals surface area contributed by atoms with Crippen LogP contribution in [0.4, 0.5) is 20.2 Å². The topological polar surface area (TPSA) is 106 Å². The van der Waals surface area contributed by atoms with E-state index < -0.39 is 17.5 Å². The average Bonchev–Trinajstić information content (AvgIpc) is 3.57. The van der Waals surface area contributed by atoms with E-state index in [1.54, 1.807) is 6.07 Å². The second-order valence-corrected chi connectivity index (χ2v) is 9.70. The molecule has 198 valence electrons. The summed E-state index contributed by atoms with van der Waals surface area (Å²) in [5, 5.41) is 3.49. The summed E-state index contributed by atoms with van der Waals surface area (Å²) in [5.74, 6) is -1.69. The molecule has 0 spiro atoms. The third kappa shape index (κ3) is 4.21. The summed E-state index contributed by atoms with van der Waals surface area (Å²) in [6.45, 7) is 3.78. The molecule has 2 bridgehead atoms. The number of nitrogens with one attached hydrogen (secondary N) is 1. The number of hydrogen-bond acceptors (Lipinski definition) is 8. The van der Waals surface area contributed by atoms with Crippen LogP contribution in [0, 0.1) is 11.6 Å². The number of methoxy groups -OCH3 is 1. The van der Waals surface area contributed by atoms with Gasteiger partial charge >= 0.3 is 0 Å². The predicted octanol–water partition coefficient (Wildman–Crippen LogP) is 2.58. The largest absolute Gasteiger partial charge is 0.496 e. The quantitative estimate of drug-likeness (QED) is 0.509.